The number of carbonyl (C=O) groups is 1. The van der Waals surface area contributed by atoms with E-state index in [9.17, 15) is 4.79 Å². The first-order valence-corrected chi connectivity index (χ1v) is 9.70. The molecule has 0 atom stereocenters. The van der Waals surface area contributed by atoms with Crippen LogP contribution < -0.4 is 14.9 Å². The van der Waals surface area contributed by atoms with Gasteiger partial charge in [-0.2, -0.15) is 5.10 Å². The Morgan fingerprint density at radius 2 is 2.00 bits per heavy atom. The number of hydrazone groups is 1. The molecule has 150 valence electrons. The number of nitrogens with one attached hydrogen (secondary N) is 1. The van der Waals surface area contributed by atoms with Crippen LogP contribution in [0.2, 0.25) is 0 Å². The van der Waals surface area contributed by atoms with Gasteiger partial charge in [0.1, 0.15) is 17.8 Å². The first-order chi connectivity index (χ1) is 14.1. The smallest absolute Gasteiger partial charge is 0.271 e. The van der Waals surface area contributed by atoms with Crippen molar-refractivity contribution >= 4 is 23.9 Å². The van der Waals surface area contributed by atoms with Crippen molar-refractivity contribution in [2.24, 2.45) is 12.1 Å². The van der Waals surface area contributed by atoms with Crippen molar-refractivity contribution in [3.63, 3.8) is 0 Å². The number of aromatic nitrogens is 3. The lowest BCUT2D eigenvalue weighted by Gasteiger charge is -2.07. The first-order valence-electron chi connectivity index (χ1n) is 8.72. The third kappa shape index (κ3) is 5.35. The van der Waals surface area contributed by atoms with Gasteiger partial charge in [-0.25, -0.2) is 5.43 Å². The highest BCUT2D eigenvalue weighted by molar-refractivity contribution is 7.98. The Labute approximate surface area is 172 Å². The summed E-state index contributed by atoms with van der Waals surface area (Å²) in [6.07, 6.45) is 3.19. The molecule has 0 saturated carbocycles. The molecule has 0 fully saturated rings. The maximum Gasteiger partial charge on any atom is 0.271 e. The summed E-state index contributed by atoms with van der Waals surface area (Å²) in [6.45, 7) is 0. The molecule has 0 spiro atoms. The van der Waals surface area contributed by atoms with Crippen molar-refractivity contribution in [1.29, 1.82) is 0 Å². The number of carbonyl (C=O) groups excluding carboxylic acids is 1. The number of hydrogen-bond acceptors (Lipinski definition) is 7. The number of nitrogens with zero attached hydrogens (tertiary/aromatic N) is 4. The van der Waals surface area contributed by atoms with Gasteiger partial charge in [0, 0.05) is 30.0 Å². The Morgan fingerprint density at radius 1 is 1.21 bits per heavy atom. The van der Waals surface area contributed by atoms with Crippen LogP contribution in [0.15, 0.2) is 59.0 Å². The van der Waals surface area contributed by atoms with E-state index in [1.54, 1.807) is 62.6 Å². The summed E-state index contributed by atoms with van der Waals surface area (Å²) in [6, 6.07) is 12.7. The fraction of sp³-hybridized carbons (Fsp3) is 0.200. The quantitative estimate of drug-likeness (QED) is 0.348. The summed E-state index contributed by atoms with van der Waals surface area (Å²) < 4.78 is 12.3. The Balaban J connectivity index is 1.57. The molecule has 1 amide bonds. The van der Waals surface area contributed by atoms with Crippen molar-refractivity contribution in [1.82, 2.24) is 20.2 Å². The van der Waals surface area contributed by atoms with Crippen molar-refractivity contribution in [2.75, 3.05) is 14.2 Å². The molecule has 8 nitrogen and oxygen atoms in total. The summed E-state index contributed by atoms with van der Waals surface area (Å²) in [5.74, 6) is 1.73. The average Bonchev–Trinajstić information content (AvgIpc) is 3.17. The maximum atomic E-state index is 12.3. The van der Waals surface area contributed by atoms with Crippen molar-refractivity contribution in [3.05, 3.63) is 65.5 Å². The van der Waals surface area contributed by atoms with E-state index in [2.05, 4.69) is 20.7 Å². The Kier molecular flexibility index (Phi) is 6.85. The summed E-state index contributed by atoms with van der Waals surface area (Å²) in [5.41, 5.74) is 4.86. The van der Waals surface area contributed by atoms with Crippen molar-refractivity contribution < 1.29 is 14.3 Å². The minimum absolute atomic E-state index is 0.291. The second-order valence-electron chi connectivity index (χ2n) is 6.02. The monoisotopic (exact) mass is 411 g/mol. The maximum absolute atomic E-state index is 12.3. The lowest BCUT2D eigenvalue weighted by Crippen LogP contribution is -2.17. The molecule has 0 aliphatic heterocycles. The number of benzene rings is 2. The molecule has 0 aliphatic carbocycles. The van der Waals surface area contributed by atoms with Crippen LogP contribution in [-0.2, 0) is 12.8 Å². The topological polar surface area (TPSA) is 90.6 Å². The molecule has 0 radical (unpaired) electrons. The number of ether oxygens (including phenoxy) is 2. The van der Waals surface area contributed by atoms with Crippen molar-refractivity contribution in [2.45, 2.75) is 10.9 Å². The van der Waals surface area contributed by atoms with Crippen LogP contribution in [0, 0.1) is 0 Å². The van der Waals surface area contributed by atoms with E-state index in [4.69, 9.17) is 9.47 Å². The van der Waals surface area contributed by atoms with Gasteiger partial charge < -0.3 is 14.0 Å². The molecule has 0 unspecified atom stereocenters. The van der Waals surface area contributed by atoms with E-state index < -0.39 is 0 Å². The van der Waals surface area contributed by atoms with Crippen molar-refractivity contribution in [3.8, 4) is 11.5 Å². The second-order valence-corrected chi connectivity index (χ2v) is 6.96. The molecule has 9 heteroatoms. The van der Waals surface area contributed by atoms with Crippen LogP contribution in [0.4, 0.5) is 0 Å². The van der Waals surface area contributed by atoms with Gasteiger partial charge in [-0.05, 0) is 29.8 Å². The number of thioether (sulfide) groups is 1. The molecule has 1 aromatic heterocycles. The first kappa shape index (κ1) is 20.4. The Morgan fingerprint density at radius 3 is 2.66 bits per heavy atom. The SMILES string of the molecule is COc1ccc(/C=N\NC(=O)c2ccc(CSc3nncn3C)cc2)c(OC)c1. The molecule has 0 bridgehead atoms. The normalized spacial score (nSPS) is 10.9. The van der Waals surface area contributed by atoms with Crippen LogP contribution >= 0.6 is 11.8 Å². The largest absolute Gasteiger partial charge is 0.497 e. The lowest BCUT2D eigenvalue weighted by atomic mass is 10.1. The highest BCUT2D eigenvalue weighted by Crippen LogP contribution is 2.23. The predicted molar refractivity (Wildman–Crippen MR) is 112 cm³/mol. The minimum atomic E-state index is -0.291. The Hall–Kier alpha value is -3.33. The van der Waals surface area contributed by atoms with Gasteiger partial charge in [-0.1, -0.05) is 23.9 Å². The van der Waals surface area contributed by atoms with Gasteiger partial charge in [0.05, 0.1) is 20.4 Å². The van der Waals surface area contributed by atoms with E-state index in [1.807, 2.05) is 23.7 Å². The number of hydrogen-bond donors (Lipinski definition) is 1. The molecular formula is C20H21N5O3S. The standard InChI is InChI=1S/C20H21N5O3S/c1-25-13-22-24-20(25)29-12-14-4-6-15(7-5-14)19(26)23-21-11-16-8-9-17(27-2)10-18(16)28-3/h4-11,13H,12H2,1-3H3,(H,23,26)/b21-11-. The summed E-state index contributed by atoms with van der Waals surface area (Å²) in [4.78, 5) is 12.3. The summed E-state index contributed by atoms with van der Waals surface area (Å²) in [7, 11) is 5.05. The van der Waals surface area contributed by atoms with Gasteiger partial charge in [-0.15, -0.1) is 10.2 Å². The highest BCUT2D eigenvalue weighted by Gasteiger charge is 2.07. The van der Waals surface area contributed by atoms with Gasteiger partial charge in [0.15, 0.2) is 5.16 Å². The van der Waals surface area contributed by atoms with Gasteiger partial charge >= 0.3 is 0 Å². The van der Waals surface area contributed by atoms with Crippen LogP contribution in [0.3, 0.4) is 0 Å². The molecule has 0 aliphatic rings. The van der Waals surface area contributed by atoms with E-state index in [1.165, 1.54) is 6.21 Å². The minimum Gasteiger partial charge on any atom is -0.497 e. The third-order valence-corrected chi connectivity index (χ3v) is 5.17. The van der Waals surface area contributed by atoms with E-state index in [0.717, 1.165) is 22.0 Å². The molecule has 3 rings (SSSR count). The van der Waals surface area contributed by atoms with Gasteiger partial charge in [0.2, 0.25) is 0 Å². The van der Waals surface area contributed by atoms with E-state index in [-0.39, 0.29) is 5.91 Å². The van der Waals surface area contributed by atoms with Crippen LogP contribution in [0.5, 0.6) is 11.5 Å². The second kappa shape index (κ2) is 9.74. The van der Waals surface area contributed by atoms with Gasteiger partial charge in [0.25, 0.3) is 5.91 Å². The fourth-order valence-electron chi connectivity index (χ4n) is 2.45. The number of rotatable bonds is 8. The number of amides is 1. The predicted octanol–water partition coefficient (Wildman–Crippen LogP) is 2.89. The number of aryl methyl sites for hydroxylation is 1. The molecule has 1 N–H and O–H groups in total. The van der Waals surface area contributed by atoms with Crippen LogP contribution in [-0.4, -0.2) is 41.1 Å². The van der Waals surface area contributed by atoms with E-state index >= 15 is 0 Å². The number of methoxy groups -OCH3 is 2. The summed E-state index contributed by atoms with van der Waals surface area (Å²) in [5, 5.41) is 12.7. The molecule has 1 heterocycles. The third-order valence-electron chi connectivity index (χ3n) is 4.06. The van der Waals surface area contributed by atoms with Gasteiger partial charge in [-0.3, -0.25) is 4.79 Å². The molecule has 0 saturated heterocycles. The van der Waals surface area contributed by atoms with E-state index in [0.29, 0.717) is 17.1 Å². The molecule has 3 aromatic rings. The lowest BCUT2D eigenvalue weighted by molar-refractivity contribution is 0.0955. The average molecular weight is 411 g/mol. The highest BCUT2D eigenvalue weighted by atomic mass is 32.2. The molecular weight excluding hydrogens is 390 g/mol. The zero-order chi connectivity index (χ0) is 20.6. The molecule has 2 aromatic carbocycles. The zero-order valence-corrected chi connectivity index (χ0v) is 17.1. The zero-order valence-electron chi connectivity index (χ0n) is 16.3. The Bertz CT molecular complexity index is 1000. The molecule has 29 heavy (non-hydrogen) atoms. The van der Waals surface area contributed by atoms with Crippen LogP contribution in [0.25, 0.3) is 0 Å². The fourth-order valence-corrected chi connectivity index (χ4v) is 3.30. The van der Waals surface area contributed by atoms with Crippen LogP contribution in [0.1, 0.15) is 21.5 Å². The summed E-state index contributed by atoms with van der Waals surface area (Å²) >= 11 is 1.58.